The lowest BCUT2D eigenvalue weighted by Crippen LogP contribution is -2.26. The lowest BCUT2D eigenvalue weighted by Gasteiger charge is -2.21. The Labute approximate surface area is 208 Å². The Bertz CT molecular complexity index is 1120. The van der Waals surface area contributed by atoms with Crippen LogP contribution in [-0.2, 0) is 18.6 Å². The molecule has 3 atom stereocenters. The van der Waals surface area contributed by atoms with E-state index in [4.69, 9.17) is 0 Å². The number of hydrogen-bond donors (Lipinski definition) is 2. The van der Waals surface area contributed by atoms with Crippen molar-refractivity contribution in [2.75, 3.05) is 7.05 Å². The molecule has 0 radical (unpaired) electrons. The van der Waals surface area contributed by atoms with Crippen LogP contribution in [0.5, 0.6) is 0 Å². The second kappa shape index (κ2) is 10.7. The van der Waals surface area contributed by atoms with Crippen LogP contribution in [0, 0.1) is 11.8 Å². The van der Waals surface area contributed by atoms with E-state index in [1.807, 2.05) is 48.5 Å². The number of hydrogen-bond acceptors (Lipinski definition) is 4. The van der Waals surface area contributed by atoms with Crippen molar-refractivity contribution < 1.29 is 15.0 Å². The highest BCUT2D eigenvalue weighted by Gasteiger charge is 2.30. The smallest absolute Gasteiger partial charge is 0.253 e. The molecule has 0 bridgehead atoms. The van der Waals surface area contributed by atoms with E-state index >= 15 is 0 Å². The third-order valence-electron chi connectivity index (χ3n) is 7.16. The van der Waals surface area contributed by atoms with Gasteiger partial charge in [0.25, 0.3) is 5.91 Å². The van der Waals surface area contributed by atoms with Gasteiger partial charge >= 0.3 is 0 Å². The first-order valence-electron chi connectivity index (χ1n) is 12.4. The van der Waals surface area contributed by atoms with Gasteiger partial charge in [-0.25, -0.2) is 0 Å². The van der Waals surface area contributed by atoms with Gasteiger partial charge in [0.15, 0.2) is 0 Å². The van der Waals surface area contributed by atoms with Crippen LogP contribution in [-0.4, -0.2) is 33.1 Å². The minimum Gasteiger partial charge on any atom is -0.388 e. The zero-order chi connectivity index (χ0) is 25.0. The van der Waals surface area contributed by atoms with E-state index in [0.717, 1.165) is 42.4 Å². The van der Waals surface area contributed by atoms with E-state index in [2.05, 4.69) is 17.1 Å². The number of aliphatic hydroxyl groups excluding tert-OH is 1. The van der Waals surface area contributed by atoms with Gasteiger partial charge in [0.1, 0.15) is 0 Å². The molecule has 1 amide bonds. The van der Waals surface area contributed by atoms with Crippen LogP contribution in [0.15, 0.2) is 73.1 Å². The van der Waals surface area contributed by atoms with Crippen molar-refractivity contribution in [3.63, 3.8) is 0 Å². The first-order chi connectivity index (χ1) is 16.7. The summed E-state index contributed by atoms with van der Waals surface area (Å²) in [5.74, 6) is 0.816. The molecule has 1 saturated carbocycles. The molecule has 1 fully saturated rings. The summed E-state index contributed by atoms with van der Waals surface area (Å²) >= 11 is 0. The number of amides is 1. The van der Waals surface area contributed by atoms with Crippen molar-refractivity contribution in [1.82, 2.24) is 9.88 Å². The number of pyridine rings is 1. The summed E-state index contributed by atoms with van der Waals surface area (Å²) in [5.41, 5.74) is 3.53. The van der Waals surface area contributed by atoms with Crippen LogP contribution >= 0.6 is 0 Å². The summed E-state index contributed by atoms with van der Waals surface area (Å²) in [7, 11) is 1.78. The summed E-state index contributed by atoms with van der Waals surface area (Å²) in [4.78, 5) is 18.9. The average Bonchev–Trinajstić information content (AvgIpc) is 3.32. The Hall–Kier alpha value is -3.02. The number of rotatable bonds is 8. The molecule has 0 unspecified atom stereocenters. The molecule has 184 valence electrons. The van der Waals surface area contributed by atoms with Crippen LogP contribution in [0.25, 0.3) is 0 Å². The first-order valence-corrected chi connectivity index (χ1v) is 12.4. The molecule has 1 aromatic heterocycles. The maximum absolute atomic E-state index is 13.0. The number of aromatic nitrogens is 1. The minimum atomic E-state index is -0.972. The van der Waals surface area contributed by atoms with Crippen molar-refractivity contribution >= 4 is 5.91 Å². The van der Waals surface area contributed by atoms with E-state index in [1.54, 1.807) is 38.2 Å². The maximum Gasteiger partial charge on any atom is 0.253 e. The Morgan fingerprint density at radius 2 is 1.77 bits per heavy atom. The van der Waals surface area contributed by atoms with Crippen molar-refractivity contribution in [2.24, 2.45) is 11.8 Å². The third-order valence-corrected chi connectivity index (χ3v) is 7.16. The number of aliphatic hydroxyl groups is 2. The predicted molar refractivity (Wildman–Crippen MR) is 138 cm³/mol. The minimum absolute atomic E-state index is 0.0443. The summed E-state index contributed by atoms with van der Waals surface area (Å²) in [6, 6.07) is 19.8. The first kappa shape index (κ1) is 25.1. The quantitative estimate of drug-likeness (QED) is 0.468. The second-order valence-electron chi connectivity index (χ2n) is 10.5. The molecule has 0 aliphatic heterocycles. The Kier molecular flexibility index (Phi) is 7.68. The standard InChI is InChI=1S/C30H36N2O3/c1-30(2,35)27-17-23(18-31-19-27)20-32(3)29(34)25-12-9-21(10-13-25)15-22-11-14-26(16-22)28(33)24-7-5-4-6-8-24/h4-10,12-13,17-19,22,26,28,33,35H,11,14-16,20H2,1-3H3/t22-,26-,28+/m0/s1. The topological polar surface area (TPSA) is 73.7 Å². The van der Waals surface area contributed by atoms with Gasteiger partial charge in [0, 0.05) is 37.1 Å². The number of carbonyl (C=O) groups is 1. The van der Waals surface area contributed by atoms with Crippen molar-refractivity contribution in [3.8, 4) is 0 Å². The third kappa shape index (κ3) is 6.36. The fourth-order valence-electron chi connectivity index (χ4n) is 5.10. The van der Waals surface area contributed by atoms with E-state index in [0.29, 0.717) is 23.9 Å². The fraction of sp³-hybridized carbons (Fsp3) is 0.400. The van der Waals surface area contributed by atoms with Gasteiger partial charge < -0.3 is 15.1 Å². The van der Waals surface area contributed by atoms with Crippen molar-refractivity contribution in [3.05, 3.63) is 101 Å². The van der Waals surface area contributed by atoms with Gasteiger partial charge in [-0.15, -0.1) is 0 Å². The lowest BCUT2D eigenvalue weighted by molar-refractivity contribution is 0.0774. The van der Waals surface area contributed by atoms with Crippen LogP contribution < -0.4 is 0 Å². The second-order valence-corrected chi connectivity index (χ2v) is 10.5. The van der Waals surface area contributed by atoms with Gasteiger partial charge in [-0.1, -0.05) is 42.5 Å². The highest BCUT2D eigenvalue weighted by atomic mass is 16.3. The van der Waals surface area contributed by atoms with Gasteiger partial charge in [0.05, 0.1) is 11.7 Å². The molecule has 0 spiro atoms. The van der Waals surface area contributed by atoms with Crippen LogP contribution in [0.4, 0.5) is 0 Å². The van der Waals surface area contributed by atoms with E-state index < -0.39 is 11.7 Å². The van der Waals surface area contributed by atoms with Gasteiger partial charge in [-0.2, -0.15) is 0 Å². The number of nitrogens with zero attached hydrogens (tertiary/aromatic N) is 2. The molecule has 2 N–H and O–H groups in total. The van der Waals surface area contributed by atoms with Crippen LogP contribution in [0.1, 0.15) is 71.8 Å². The van der Waals surface area contributed by atoms with Crippen LogP contribution in [0.2, 0.25) is 0 Å². The predicted octanol–water partition coefficient (Wildman–Crippen LogP) is 5.27. The maximum atomic E-state index is 13.0. The molecule has 5 heteroatoms. The molecular formula is C30H36N2O3. The fourth-order valence-corrected chi connectivity index (χ4v) is 5.10. The SMILES string of the molecule is CN(Cc1cncc(C(C)(C)O)c1)C(=O)c1ccc(C[C@@H]2CC[C@H]([C@H](O)c3ccccc3)C2)cc1. The Morgan fingerprint density at radius 1 is 1.06 bits per heavy atom. The zero-order valence-electron chi connectivity index (χ0n) is 20.9. The summed E-state index contributed by atoms with van der Waals surface area (Å²) in [6.45, 7) is 3.87. The molecule has 0 saturated heterocycles. The molecule has 1 aliphatic carbocycles. The molecule has 1 heterocycles. The van der Waals surface area contributed by atoms with E-state index in [9.17, 15) is 15.0 Å². The Morgan fingerprint density at radius 3 is 2.46 bits per heavy atom. The Balaban J connectivity index is 1.32. The average molecular weight is 473 g/mol. The molecule has 4 rings (SSSR count). The van der Waals surface area contributed by atoms with Crippen molar-refractivity contribution in [1.29, 1.82) is 0 Å². The molecule has 3 aromatic rings. The highest BCUT2D eigenvalue weighted by Crippen LogP contribution is 2.40. The van der Waals surface area contributed by atoms with E-state index in [1.165, 1.54) is 5.56 Å². The van der Waals surface area contributed by atoms with Gasteiger partial charge in [0.2, 0.25) is 0 Å². The molecule has 2 aromatic carbocycles. The van der Waals surface area contributed by atoms with Gasteiger partial charge in [-0.3, -0.25) is 9.78 Å². The summed E-state index contributed by atoms with van der Waals surface area (Å²) < 4.78 is 0. The largest absolute Gasteiger partial charge is 0.388 e. The summed E-state index contributed by atoms with van der Waals surface area (Å²) in [6.07, 6.45) is 7.15. The zero-order valence-corrected chi connectivity index (χ0v) is 20.9. The number of benzene rings is 2. The van der Waals surface area contributed by atoms with Crippen molar-refractivity contribution in [2.45, 2.75) is 57.8 Å². The monoisotopic (exact) mass is 472 g/mol. The molecular weight excluding hydrogens is 436 g/mol. The molecule has 5 nitrogen and oxygen atoms in total. The van der Waals surface area contributed by atoms with Crippen LogP contribution in [0.3, 0.4) is 0 Å². The molecule has 35 heavy (non-hydrogen) atoms. The number of carbonyl (C=O) groups excluding carboxylic acids is 1. The van der Waals surface area contributed by atoms with E-state index in [-0.39, 0.29) is 5.91 Å². The molecule has 1 aliphatic rings. The summed E-state index contributed by atoms with van der Waals surface area (Å²) in [5, 5.41) is 21.0. The highest BCUT2D eigenvalue weighted by molar-refractivity contribution is 5.94. The van der Waals surface area contributed by atoms with Gasteiger partial charge in [-0.05, 0) is 86.3 Å². The normalized spacial score (nSPS) is 18.9. The lowest BCUT2D eigenvalue weighted by atomic mass is 9.91.